The molecule has 0 atom stereocenters. The summed E-state index contributed by atoms with van der Waals surface area (Å²) >= 11 is 6.31. The summed E-state index contributed by atoms with van der Waals surface area (Å²) < 4.78 is 11.0. The zero-order valence-electron chi connectivity index (χ0n) is 17.6. The predicted octanol–water partition coefficient (Wildman–Crippen LogP) is 4.50. The standard InChI is InChI=1S/C25H22ClN3O3/c1-3-11-32-24-21(26)13-17(14-23(24)31-4-2)12-19(15-27)25(30)28-10-9-18-16-29-22-8-6-5-7-20(18)22/h1,5-8,12-14,16,29H,4,9-11H2,2H3,(H,28,30). The number of carbonyl (C=O) groups excluding carboxylic acids is 1. The van der Waals surface area contributed by atoms with Gasteiger partial charge in [-0.15, -0.1) is 6.42 Å². The van der Waals surface area contributed by atoms with Gasteiger partial charge in [-0.2, -0.15) is 5.26 Å². The maximum atomic E-state index is 12.6. The number of nitriles is 1. The molecule has 32 heavy (non-hydrogen) atoms. The van der Waals surface area contributed by atoms with Crippen molar-refractivity contribution in [3.63, 3.8) is 0 Å². The molecule has 0 aliphatic heterocycles. The summed E-state index contributed by atoms with van der Waals surface area (Å²) in [7, 11) is 0. The van der Waals surface area contributed by atoms with Gasteiger partial charge in [-0.3, -0.25) is 4.79 Å². The summed E-state index contributed by atoms with van der Waals surface area (Å²) in [6, 6.07) is 13.1. The molecule has 0 fully saturated rings. The molecule has 0 bridgehead atoms. The topological polar surface area (TPSA) is 87.1 Å². The number of hydrogen-bond donors (Lipinski definition) is 2. The fourth-order valence-electron chi connectivity index (χ4n) is 3.25. The van der Waals surface area contributed by atoms with Crippen LogP contribution in [-0.2, 0) is 11.2 Å². The number of nitrogens with one attached hydrogen (secondary N) is 2. The average molecular weight is 448 g/mol. The third-order valence-corrected chi connectivity index (χ3v) is 4.94. The highest BCUT2D eigenvalue weighted by Crippen LogP contribution is 2.37. The smallest absolute Gasteiger partial charge is 0.261 e. The second-order valence-electron chi connectivity index (χ2n) is 6.79. The number of ether oxygens (including phenoxy) is 2. The van der Waals surface area contributed by atoms with Crippen LogP contribution in [0.3, 0.4) is 0 Å². The van der Waals surface area contributed by atoms with Crippen molar-refractivity contribution in [1.29, 1.82) is 5.26 Å². The third-order valence-electron chi connectivity index (χ3n) is 4.66. The van der Waals surface area contributed by atoms with Gasteiger partial charge in [0.15, 0.2) is 11.5 Å². The van der Waals surface area contributed by atoms with Gasteiger partial charge in [-0.05, 0) is 48.7 Å². The van der Waals surface area contributed by atoms with Crippen LogP contribution in [0.1, 0.15) is 18.1 Å². The molecule has 0 spiro atoms. The van der Waals surface area contributed by atoms with Gasteiger partial charge in [-0.25, -0.2) is 0 Å². The predicted molar refractivity (Wildman–Crippen MR) is 126 cm³/mol. The maximum Gasteiger partial charge on any atom is 0.261 e. The number of hydrogen-bond acceptors (Lipinski definition) is 4. The summed E-state index contributed by atoms with van der Waals surface area (Å²) in [6.07, 6.45) is 9.27. The van der Waals surface area contributed by atoms with Gasteiger partial charge in [0, 0.05) is 23.6 Å². The summed E-state index contributed by atoms with van der Waals surface area (Å²) in [5.74, 6) is 2.62. The normalized spacial score (nSPS) is 10.9. The Kier molecular flexibility index (Phi) is 7.80. The third kappa shape index (κ3) is 5.43. The van der Waals surface area contributed by atoms with Crippen LogP contribution in [0.4, 0.5) is 0 Å². The Labute approximate surface area is 191 Å². The molecule has 0 radical (unpaired) electrons. The Hall–Kier alpha value is -3.87. The first kappa shape index (κ1) is 22.8. The molecule has 1 amide bonds. The van der Waals surface area contributed by atoms with Gasteiger partial charge < -0.3 is 19.8 Å². The molecule has 162 valence electrons. The molecule has 1 aromatic heterocycles. The van der Waals surface area contributed by atoms with Gasteiger partial charge in [0.25, 0.3) is 5.91 Å². The minimum atomic E-state index is -0.464. The van der Waals surface area contributed by atoms with Crippen LogP contribution in [0.5, 0.6) is 11.5 Å². The molecule has 1 heterocycles. The molecular weight excluding hydrogens is 426 g/mol. The molecule has 3 aromatic rings. The van der Waals surface area contributed by atoms with Crippen molar-refractivity contribution in [2.45, 2.75) is 13.3 Å². The number of terminal acetylenes is 1. The summed E-state index contributed by atoms with van der Waals surface area (Å²) in [6.45, 7) is 2.64. The summed E-state index contributed by atoms with van der Waals surface area (Å²) in [5, 5.41) is 13.7. The van der Waals surface area contributed by atoms with Crippen molar-refractivity contribution in [2.24, 2.45) is 0 Å². The van der Waals surface area contributed by atoms with Crippen LogP contribution in [0.25, 0.3) is 17.0 Å². The minimum absolute atomic E-state index is 0.0389. The average Bonchev–Trinajstić information content (AvgIpc) is 3.20. The monoisotopic (exact) mass is 447 g/mol. The molecule has 0 saturated heterocycles. The molecular formula is C25H22ClN3O3. The van der Waals surface area contributed by atoms with Crippen LogP contribution < -0.4 is 14.8 Å². The van der Waals surface area contributed by atoms with Crippen LogP contribution in [0.15, 0.2) is 48.2 Å². The van der Waals surface area contributed by atoms with E-state index in [4.69, 9.17) is 27.5 Å². The zero-order chi connectivity index (χ0) is 22.9. The van der Waals surface area contributed by atoms with E-state index in [1.165, 1.54) is 6.08 Å². The lowest BCUT2D eigenvalue weighted by atomic mass is 10.1. The quantitative estimate of drug-likeness (QED) is 0.287. The lowest BCUT2D eigenvalue weighted by molar-refractivity contribution is -0.117. The number of H-pyrrole nitrogens is 1. The molecule has 0 unspecified atom stereocenters. The highest BCUT2D eigenvalue weighted by molar-refractivity contribution is 6.32. The Morgan fingerprint density at radius 1 is 1.31 bits per heavy atom. The summed E-state index contributed by atoms with van der Waals surface area (Å²) in [5.41, 5.74) is 2.64. The fourth-order valence-corrected chi connectivity index (χ4v) is 3.52. The summed E-state index contributed by atoms with van der Waals surface area (Å²) in [4.78, 5) is 15.8. The Morgan fingerprint density at radius 2 is 2.12 bits per heavy atom. The van der Waals surface area contributed by atoms with Crippen LogP contribution in [0.2, 0.25) is 5.02 Å². The van der Waals surface area contributed by atoms with E-state index in [0.29, 0.717) is 36.6 Å². The van der Waals surface area contributed by atoms with E-state index in [1.54, 1.807) is 12.1 Å². The first-order chi connectivity index (χ1) is 15.6. The van der Waals surface area contributed by atoms with Gasteiger partial charge in [0.1, 0.15) is 18.2 Å². The lowest BCUT2D eigenvalue weighted by Gasteiger charge is -2.13. The number of amides is 1. The SMILES string of the molecule is C#CCOc1c(Cl)cc(C=C(C#N)C(=O)NCCc2c[nH]c3ccccc23)cc1OCC. The van der Waals surface area contributed by atoms with E-state index in [0.717, 1.165) is 16.5 Å². The molecule has 2 N–H and O–H groups in total. The van der Waals surface area contributed by atoms with Crippen molar-refractivity contribution in [2.75, 3.05) is 19.8 Å². The molecule has 3 rings (SSSR count). The first-order valence-corrected chi connectivity index (χ1v) is 10.4. The first-order valence-electron chi connectivity index (χ1n) is 10.0. The second-order valence-corrected chi connectivity index (χ2v) is 7.20. The van der Waals surface area contributed by atoms with Crippen molar-refractivity contribution in [1.82, 2.24) is 10.3 Å². The van der Waals surface area contributed by atoms with E-state index >= 15 is 0 Å². The van der Waals surface area contributed by atoms with Crippen LogP contribution in [-0.4, -0.2) is 30.6 Å². The van der Waals surface area contributed by atoms with Crippen molar-refractivity contribution < 1.29 is 14.3 Å². The lowest BCUT2D eigenvalue weighted by Crippen LogP contribution is -2.26. The van der Waals surface area contributed by atoms with Crippen molar-refractivity contribution in [3.05, 3.63) is 64.3 Å². The molecule has 7 heteroatoms. The highest BCUT2D eigenvalue weighted by atomic mass is 35.5. The van der Waals surface area contributed by atoms with E-state index in [2.05, 4.69) is 16.2 Å². The van der Waals surface area contributed by atoms with Gasteiger partial charge in [0.05, 0.1) is 11.6 Å². The molecule has 6 nitrogen and oxygen atoms in total. The second kappa shape index (κ2) is 10.9. The Morgan fingerprint density at radius 3 is 2.88 bits per heavy atom. The van der Waals surface area contributed by atoms with Gasteiger partial charge >= 0.3 is 0 Å². The number of para-hydroxylation sites is 1. The van der Waals surface area contributed by atoms with Crippen LogP contribution >= 0.6 is 11.6 Å². The van der Waals surface area contributed by atoms with Gasteiger partial charge in [0.2, 0.25) is 0 Å². The van der Waals surface area contributed by atoms with Crippen molar-refractivity contribution >= 4 is 34.5 Å². The molecule has 0 aliphatic carbocycles. The minimum Gasteiger partial charge on any atom is -0.490 e. The number of carbonyl (C=O) groups is 1. The molecule has 2 aromatic carbocycles. The van der Waals surface area contributed by atoms with E-state index < -0.39 is 5.91 Å². The highest BCUT2D eigenvalue weighted by Gasteiger charge is 2.14. The van der Waals surface area contributed by atoms with Crippen molar-refractivity contribution in [3.8, 4) is 29.9 Å². The number of halogens is 1. The van der Waals surface area contributed by atoms with E-state index in [-0.39, 0.29) is 17.2 Å². The largest absolute Gasteiger partial charge is 0.490 e. The zero-order valence-corrected chi connectivity index (χ0v) is 18.3. The number of aromatic amines is 1. The maximum absolute atomic E-state index is 12.6. The Balaban J connectivity index is 1.72. The van der Waals surface area contributed by atoms with Crippen LogP contribution in [0, 0.1) is 23.7 Å². The molecule has 0 aliphatic rings. The number of rotatable bonds is 9. The number of benzene rings is 2. The Bertz CT molecular complexity index is 1230. The fraction of sp³-hybridized carbons (Fsp3) is 0.200. The number of fused-ring (bicyclic) bond motifs is 1. The number of nitrogens with zero attached hydrogens (tertiary/aromatic N) is 1. The van der Waals surface area contributed by atoms with E-state index in [9.17, 15) is 10.1 Å². The number of aromatic nitrogens is 1. The molecule has 0 saturated carbocycles. The van der Waals surface area contributed by atoms with Gasteiger partial charge in [-0.1, -0.05) is 35.7 Å². The van der Waals surface area contributed by atoms with E-state index in [1.807, 2.05) is 43.5 Å².